The van der Waals surface area contributed by atoms with Gasteiger partial charge in [0.05, 0.1) is 12.7 Å². The highest BCUT2D eigenvalue weighted by molar-refractivity contribution is 6.05. The van der Waals surface area contributed by atoms with Crippen molar-refractivity contribution in [1.29, 1.82) is 5.26 Å². The molecule has 2 atom stereocenters. The number of nitriles is 1. The van der Waals surface area contributed by atoms with Crippen LogP contribution in [-0.2, 0) is 14.3 Å². The smallest absolute Gasteiger partial charge is 0.320 e. The van der Waals surface area contributed by atoms with Crippen LogP contribution in [-0.4, -0.2) is 18.4 Å². The van der Waals surface area contributed by atoms with Crippen LogP contribution in [0, 0.1) is 22.7 Å². The van der Waals surface area contributed by atoms with Gasteiger partial charge in [0.2, 0.25) is 0 Å². The van der Waals surface area contributed by atoms with Gasteiger partial charge >= 0.3 is 5.97 Å². The number of hydrogen-bond acceptors (Lipinski definition) is 4. The Morgan fingerprint density at radius 2 is 2.27 bits per heavy atom. The summed E-state index contributed by atoms with van der Waals surface area (Å²) in [6, 6.07) is 2.04. The molecule has 1 saturated heterocycles. The molecule has 1 spiro atoms. The van der Waals surface area contributed by atoms with Gasteiger partial charge in [0.25, 0.3) is 0 Å². The maximum absolute atomic E-state index is 11.9. The molecule has 1 aliphatic heterocycles. The van der Waals surface area contributed by atoms with E-state index in [0.29, 0.717) is 12.8 Å². The highest BCUT2D eigenvalue weighted by Crippen LogP contribution is 2.46. The van der Waals surface area contributed by atoms with E-state index in [-0.39, 0.29) is 24.7 Å². The molecule has 1 heterocycles. The highest BCUT2D eigenvalue weighted by Gasteiger charge is 2.57. The lowest BCUT2D eigenvalue weighted by Gasteiger charge is -2.31. The lowest BCUT2D eigenvalue weighted by Crippen LogP contribution is -2.43. The lowest BCUT2D eigenvalue weighted by atomic mass is 9.65. The number of esters is 1. The number of hydrogen-bond donors (Lipinski definition) is 0. The van der Waals surface area contributed by atoms with Crippen molar-refractivity contribution in [3.8, 4) is 6.07 Å². The number of ether oxygens (including phenoxy) is 1. The molecule has 2 rings (SSSR count). The van der Waals surface area contributed by atoms with Crippen molar-refractivity contribution in [3.05, 3.63) is 0 Å². The van der Waals surface area contributed by atoms with Crippen LogP contribution >= 0.6 is 0 Å². The van der Waals surface area contributed by atoms with E-state index in [9.17, 15) is 9.59 Å². The monoisotopic (exact) mass is 207 g/mol. The normalized spacial score (nSPS) is 35.3. The van der Waals surface area contributed by atoms with Crippen molar-refractivity contribution < 1.29 is 14.3 Å². The Bertz CT molecular complexity index is 344. The van der Waals surface area contributed by atoms with Crippen molar-refractivity contribution in [1.82, 2.24) is 0 Å². The van der Waals surface area contributed by atoms with E-state index < -0.39 is 11.4 Å². The van der Waals surface area contributed by atoms with E-state index in [2.05, 4.69) is 0 Å². The average Bonchev–Trinajstić information content (AvgIpc) is 2.53. The fourth-order valence-electron chi connectivity index (χ4n) is 2.66. The van der Waals surface area contributed by atoms with Crippen LogP contribution in [0.1, 0.15) is 32.1 Å². The third-order valence-electron chi connectivity index (χ3n) is 3.54. The molecule has 0 N–H and O–H groups in total. The number of carbonyl (C=O) groups excluding carboxylic acids is 2. The van der Waals surface area contributed by atoms with Crippen molar-refractivity contribution >= 4 is 11.8 Å². The summed E-state index contributed by atoms with van der Waals surface area (Å²) in [5.74, 6) is -0.633. The SMILES string of the molecule is N#CCC1COC(=O)[C@]12CCCCC2=O. The molecule has 2 aliphatic rings. The molecule has 4 heteroatoms. The van der Waals surface area contributed by atoms with E-state index in [1.165, 1.54) is 0 Å². The quantitative estimate of drug-likeness (QED) is 0.478. The van der Waals surface area contributed by atoms with Crippen LogP contribution in [0.2, 0.25) is 0 Å². The van der Waals surface area contributed by atoms with Crippen LogP contribution < -0.4 is 0 Å². The van der Waals surface area contributed by atoms with Gasteiger partial charge in [-0.05, 0) is 12.8 Å². The summed E-state index contributed by atoms with van der Waals surface area (Å²) in [5, 5.41) is 8.69. The highest BCUT2D eigenvalue weighted by atomic mass is 16.5. The summed E-state index contributed by atoms with van der Waals surface area (Å²) in [7, 11) is 0. The van der Waals surface area contributed by atoms with Crippen LogP contribution in [0.15, 0.2) is 0 Å². The van der Waals surface area contributed by atoms with E-state index in [0.717, 1.165) is 12.8 Å². The zero-order valence-electron chi connectivity index (χ0n) is 8.49. The summed E-state index contributed by atoms with van der Waals surface area (Å²) in [6.07, 6.45) is 2.99. The lowest BCUT2D eigenvalue weighted by molar-refractivity contribution is -0.154. The van der Waals surface area contributed by atoms with Crippen LogP contribution in [0.3, 0.4) is 0 Å². The van der Waals surface area contributed by atoms with Gasteiger partial charge < -0.3 is 4.74 Å². The van der Waals surface area contributed by atoms with Gasteiger partial charge in [-0.3, -0.25) is 9.59 Å². The molecule has 2 fully saturated rings. The number of nitrogens with zero attached hydrogens (tertiary/aromatic N) is 1. The maximum atomic E-state index is 11.9. The van der Waals surface area contributed by atoms with Gasteiger partial charge in [0.15, 0.2) is 5.78 Å². The first-order valence-corrected chi connectivity index (χ1v) is 5.29. The van der Waals surface area contributed by atoms with Gasteiger partial charge in [-0.2, -0.15) is 5.26 Å². The molecule has 0 aromatic heterocycles. The zero-order valence-corrected chi connectivity index (χ0v) is 8.49. The molecule has 1 unspecified atom stereocenters. The third kappa shape index (κ3) is 1.34. The summed E-state index contributed by atoms with van der Waals surface area (Å²) in [6.45, 7) is 0.234. The van der Waals surface area contributed by atoms with Crippen molar-refractivity contribution in [2.24, 2.45) is 11.3 Å². The molecule has 0 aromatic rings. The Kier molecular flexibility index (Phi) is 2.47. The van der Waals surface area contributed by atoms with Crippen molar-refractivity contribution in [2.75, 3.05) is 6.61 Å². The summed E-state index contributed by atoms with van der Waals surface area (Å²) >= 11 is 0. The maximum Gasteiger partial charge on any atom is 0.320 e. The minimum absolute atomic E-state index is 0.0171. The molecule has 0 radical (unpaired) electrons. The second-order valence-corrected chi connectivity index (χ2v) is 4.26. The van der Waals surface area contributed by atoms with Crippen molar-refractivity contribution in [2.45, 2.75) is 32.1 Å². The van der Waals surface area contributed by atoms with Crippen LogP contribution in [0.4, 0.5) is 0 Å². The molecular formula is C11H13NO3. The van der Waals surface area contributed by atoms with Gasteiger partial charge in [0, 0.05) is 18.8 Å². The minimum Gasteiger partial charge on any atom is -0.465 e. The summed E-state index contributed by atoms with van der Waals surface area (Å²) in [5.41, 5.74) is -0.964. The fraction of sp³-hybridized carbons (Fsp3) is 0.727. The van der Waals surface area contributed by atoms with Crippen LogP contribution in [0.25, 0.3) is 0 Å². The largest absolute Gasteiger partial charge is 0.465 e. The zero-order chi connectivity index (χ0) is 10.9. The Morgan fingerprint density at radius 1 is 1.47 bits per heavy atom. The molecule has 0 aromatic carbocycles. The van der Waals surface area contributed by atoms with Gasteiger partial charge in [-0.15, -0.1) is 0 Å². The minimum atomic E-state index is -0.964. The first-order valence-electron chi connectivity index (χ1n) is 5.29. The predicted octanol–water partition coefficient (Wildman–Crippen LogP) is 1.20. The second kappa shape index (κ2) is 3.65. The molecule has 80 valence electrons. The number of cyclic esters (lactones) is 1. The average molecular weight is 207 g/mol. The molecule has 4 nitrogen and oxygen atoms in total. The topological polar surface area (TPSA) is 67.2 Å². The number of rotatable bonds is 1. The molecule has 1 aliphatic carbocycles. The number of carbonyl (C=O) groups is 2. The second-order valence-electron chi connectivity index (χ2n) is 4.26. The molecule has 0 bridgehead atoms. The Labute approximate surface area is 88.2 Å². The molecule has 15 heavy (non-hydrogen) atoms. The Morgan fingerprint density at radius 3 is 2.93 bits per heavy atom. The number of Topliss-reactive ketones (excluding diaryl/α,β-unsaturated/α-hetero) is 1. The predicted molar refractivity (Wildman–Crippen MR) is 50.6 cm³/mol. The molecule has 1 saturated carbocycles. The third-order valence-corrected chi connectivity index (χ3v) is 3.54. The first kappa shape index (κ1) is 10.2. The summed E-state index contributed by atoms with van der Waals surface area (Å²) in [4.78, 5) is 23.6. The molecular weight excluding hydrogens is 194 g/mol. The van der Waals surface area contributed by atoms with Crippen molar-refractivity contribution in [3.63, 3.8) is 0 Å². The Balaban J connectivity index is 2.32. The van der Waals surface area contributed by atoms with Gasteiger partial charge in [-0.25, -0.2) is 0 Å². The van der Waals surface area contributed by atoms with E-state index in [1.807, 2.05) is 6.07 Å². The van der Waals surface area contributed by atoms with Crippen LogP contribution in [0.5, 0.6) is 0 Å². The standard InChI is InChI=1S/C11H13NO3/c12-6-4-8-7-15-10(14)11(8)5-2-1-3-9(11)13/h8H,1-5,7H2/t8?,11-/m1/s1. The fourth-order valence-corrected chi connectivity index (χ4v) is 2.66. The van der Waals surface area contributed by atoms with E-state index in [4.69, 9.17) is 10.00 Å². The first-order chi connectivity index (χ1) is 7.21. The van der Waals surface area contributed by atoms with Gasteiger partial charge in [0.1, 0.15) is 5.41 Å². The van der Waals surface area contributed by atoms with E-state index in [1.54, 1.807) is 0 Å². The number of ketones is 1. The van der Waals surface area contributed by atoms with Gasteiger partial charge in [-0.1, -0.05) is 6.42 Å². The summed E-state index contributed by atoms with van der Waals surface area (Å²) < 4.78 is 4.97. The Hall–Kier alpha value is -1.37. The van der Waals surface area contributed by atoms with E-state index >= 15 is 0 Å². The molecule has 0 amide bonds.